The third kappa shape index (κ3) is 3.93. The number of fused-ring (bicyclic) bond motifs is 4. The van der Waals surface area contributed by atoms with Crippen molar-refractivity contribution < 1.29 is 0 Å². The lowest BCUT2D eigenvalue weighted by atomic mass is 9.73. The lowest BCUT2D eigenvalue weighted by Gasteiger charge is -2.38. The molecule has 1 aliphatic carbocycles. The smallest absolute Gasteiger partial charge is 0.0396 e. The summed E-state index contributed by atoms with van der Waals surface area (Å²) in [5, 5.41) is 0. The maximum atomic E-state index is 4.15. The Labute approximate surface area is 148 Å². The summed E-state index contributed by atoms with van der Waals surface area (Å²) in [5.41, 5.74) is 1.60. The van der Waals surface area contributed by atoms with Gasteiger partial charge < -0.3 is 4.90 Å². The summed E-state index contributed by atoms with van der Waals surface area (Å²) in [4.78, 5) is 9.33. The third-order valence-electron chi connectivity index (χ3n) is 6.51. The minimum atomic E-state index is 0.315. The Morgan fingerprint density at radius 2 is 1.92 bits per heavy atom. The predicted octanol–water partition coefficient (Wildman–Crippen LogP) is 4.44. The summed E-state index contributed by atoms with van der Waals surface area (Å²) >= 11 is 0. The Hall–Kier alpha value is -1.09. The molecule has 3 nitrogen and oxygen atoms in total. The summed E-state index contributed by atoms with van der Waals surface area (Å²) < 4.78 is 0. The number of anilines is 1. The SMILES string of the molecule is CC(CC1CC2CCC1CN(C(C)(C)C)C2)N(C)c1ccncc1. The van der Waals surface area contributed by atoms with Gasteiger partial charge in [-0.3, -0.25) is 9.88 Å². The predicted molar refractivity (Wildman–Crippen MR) is 102 cm³/mol. The van der Waals surface area contributed by atoms with E-state index in [1.807, 2.05) is 12.4 Å². The molecule has 0 N–H and O–H groups in total. The van der Waals surface area contributed by atoms with Crippen LogP contribution in [0.5, 0.6) is 0 Å². The standard InChI is InChI=1S/C21H35N3/c1-16(23(5)20-8-10-22-11-9-20)12-19-13-17-6-7-18(19)15-24(14-17)21(2,3)4/h8-11,16-19H,6-7,12-15H2,1-5H3. The van der Waals surface area contributed by atoms with Crippen LogP contribution in [0.1, 0.15) is 53.4 Å². The molecule has 3 heteroatoms. The molecule has 2 aliphatic heterocycles. The Balaban J connectivity index is 1.65. The van der Waals surface area contributed by atoms with Crippen LogP contribution in [0.3, 0.4) is 0 Å². The second kappa shape index (κ2) is 7.03. The van der Waals surface area contributed by atoms with Crippen LogP contribution in [-0.4, -0.2) is 41.6 Å². The molecule has 1 aromatic rings. The Morgan fingerprint density at radius 3 is 2.58 bits per heavy atom. The van der Waals surface area contributed by atoms with Crippen molar-refractivity contribution in [1.29, 1.82) is 0 Å². The van der Waals surface area contributed by atoms with E-state index in [1.54, 1.807) is 0 Å². The molecule has 0 aromatic carbocycles. The van der Waals surface area contributed by atoms with Crippen LogP contribution in [-0.2, 0) is 0 Å². The van der Waals surface area contributed by atoms with E-state index >= 15 is 0 Å². The number of nitrogens with zero attached hydrogens (tertiary/aromatic N) is 3. The lowest BCUT2D eigenvalue weighted by molar-refractivity contribution is 0.118. The van der Waals surface area contributed by atoms with Crippen molar-refractivity contribution in [2.45, 2.75) is 65.0 Å². The Kier molecular flexibility index (Phi) is 5.19. The van der Waals surface area contributed by atoms with Gasteiger partial charge in [-0.05, 0) is 83.3 Å². The van der Waals surface area contributed by atoms with E-state index in [0.29, 0.717) is 11.6 Å². The molecule has 0 spiro atoms. The van der Waals surface area contributed by atoms with Gasteiger partial charge in [0.1, 0.15) is 0 Å². The van der Waals surface area contributed by atoms with Crippen LogP contribution in [0.15, 0.2) is 24.5 Å². The van der Waals surface area contributed by atoms with Gasteiger partial charge in [0.25, 0.3) is 0 Å². The van der Waals surface area contributed by atoms with E-state index < -0.39 is 0 Å². The van der Waals surface area contributed by atoms with E-state index in [1.165, 1.54) is 44.5 Å². The Bertz CT molecular complexity index is 522. The van der Waals surface area contributed by atoms with Crippen LogP contribution in [0.2, 0.25) is 0 Å². The quantitative estimate of drug-likeness (QED) is 0.814. The monoisotopic (exact) mass is 329 g/mol. The third-order valence-corrected chi connectivity index (χ3v) is 6.51. The molecule has 134 valence electrons. The minimum Gasteiger partial charge on any atom is -0.372 e. The van der Waals surface area contributed by atoms with Crippen molar-refractivity contribution in [3.05, 3.63) is 24.5 Å². The normalized spacial score (nSPS) is 29.3. The van der Waals surface area contributed by atoms with Crippen molar-refractivity contribution >= 4 is 5.69 Å². The number of aromatic nitrogens is 1. The van der Waals surface area contributed by atoms with Crippen molar-refractivity contribution in [3.8, 4) is 0 Å². The molecule has 0 radical (unpaired) electrons. The molecule has 4 rings (SSSR count). The number of pyridine rings is 1. The molecule has 3 heterocycles. The van der Waals surface area contributed by atoms with Gasteiger partial charge >= 0.3 is 0 Å². The maximum Gasteiger partial charge on any atom is 0.0396 e. The van der Waals surface area contributed by atoms with Gasteiger partial charge in [0.2, 0.25) is 0 Å². The first-order valence-electron chi connectivity index (χ1n) is 9.72. The largest absolute Gasteiger partial charge is 0.372 e. The summed E-state index contributed by atoms with van der Waals surface area (Å²) in [6.45, 7) is 12.1. The van der Waals surface area contributed by atoms with Gasteiger partial charge in [0.05, 0.1) is 0 Å². The van der Waals surface area contributed by atoms with Crippen LogP contribution in [0.4, 0.5) is 5.69 Å². The minimum absolute atomic E-state index is 0.315. The van der Waals surface area contributed by atoms with Gasteiger partial charge in [0, 0.05) is 49.8 Å². The van der Waals surface area contributed by atoms with Gasteiger partial charge in [-0.1, -0.05) is 0 Å². The van der Waals surface area contributed by atoms with E-state index in [0.717, 1.165) is 17.8 Å². The van der Waals surface area contributed by atoms with E-state index in [9.17, 15) is 0 Å². The summed E-state index contributed by atoms with van der Waals surface area (Å²) in [6, 6.07) is 4.83. The highest BCUT2D eigenvalue weighted by atomic mass is 15.2. The molecule has 3 aliphatic rings. The fraction of sp³-hybridized carbons (Fsp3) is 0.762. The zero-order valence-electron chi connectivity index (χ0n) is 16.2. The lowest BCUT2D eigenvalue weighted by Crippen LogP contribution is -2.44. The highest BCUT2D eigenvalue weighted by Crippen LogP contribution is 2.42. The average molecular weight is 330 g/mol. The highest BCUT2D eigenvalue weighted by molar-refractivity contribution is 5.44. The molecule has 4 atom stereocenters. The molecule has 1 saturated carbocycles. The van der Waals surface area contributed by atoms with E-state index in [4.69, 9.17) is 0 Å². The van der Waals surface area contributed by atoms with Crippen LogP contribution in [0, 0.1) is 17.8 Å². The molecular weight excluding hydrogens is 294 g/mol. The van der Waals surface area contributed by atoms with Crippen LogP contribution >= 0.6 is 0 Å². The first kappa shape index (κ1) is 17.7. The molecular formula is C21H35N3. The highest BCUT2D eigenvalue weighted by Gasteiger charge is 2.39. The first-order chi connectivity index (χ1) is 11.3. The Morgan fingerprint density at radius 1 is 1.21 bits per heavy atom. The van der Waals surface area contributed by atoms with Crippen LogP contribution in [0.25, 0.3) is 0 Å². The van der Waals surface area contributed by atoms with E-state index in [-0.39, 0.29) is 0 Å². The zero-order valence-corrected chi connectivity index (χ0v) is 16.2. The van der Waals surface area contributed by atoms with Crippen molar-refractivity contribution in [2.75, 3.05) is 25.0 Å². The van der Waals surface area contributed by atoms with Gasteiger partial charge in [-0.15, -0.1) is 0 Å². The molecule has 1 aromatic heterocycles. The van der Waals surface area contributed by atoms with Crippen molar-refractivity contribution in [3.63, 3.8) is 0 Å². The molecule has 0 amide bonds. The first-order valence-corrected chi connectivity index (χ1v) is 9.72. The fourth-order valence-electron chi connectivity index (χ4n) is 4.77. The van der Waals surface area contributed by atoms with Gasteiger partial charge in [-0.2, -0.15) is 0 Å². The maximum absolute atomic E-state index is 4.15. The van der Waals surface area contributed by atoms with Crippen molar-refractivity contribution in [1.82, 2.24) is 9.88 Å². The average Bonchev–Trinajstić information content (AvgIpc) is 2.87. The molecule has 24 heavy (non-hydrogen) atoms. The number of hydrogen-bond acceptors (Lipinski definition) is 3. The number of hydrogen-bond donors (Lipinski definition) is 0. The fourth-order valence-corrected chi connectivity index (χ4v) is 4.77. The van der Waals surface area contributed by atoms with Crippen LogP contribution < -0.4 is 4.90 Å². The molecule has 2 bridgehead atoms. The van der Waals surface area contributed by atoms with Gasteiger partial charge in [-0.25, -0.2) is 0 Å². The van der Waals surface area contributed by atoms with E-state index in [2.05, 4.69) is 61.7 Å². The van der Waals surface area contributed by atoms with Crippen molar-refractivity contribution in [2.24, 2.45) is 17.8 Å². The zero-order chi connectivity index (χ0) is 17.3. The number of rotatable bonds is 4. The molecule has 4 unspecified atom stereocenters. The summed E-state index contributed by atoms with van der Waals surface area (Å²) in [6.07, 6.45) is 9.43. The topological polar surface area (TPSA) is 19.4 Å². The van der Waals surface area contributed by atoms with Gasteiger partial charge in [0.15, 0.2) is 0 Å². The molecule has 3 fully saturated rings. The summed E-state index contributed by atoms with van der Waals surface area (Å²) in [7, 11) is 2.23. The second-order valence-electron chi connectivity index (χ2n) is 9.18. The molecule has 2 saturated heterocycles. The second-order valence-corrected chi connectivity index (χ2v) is 9.18. The summed E-state index contributed by atoms with van der Waals surface area (Å²) in [5.74, 6) is 2.68.